The van der Waals surface area contributed by atoms with Gasteiger partial charge in [0.2, 0.25) is 10.0 Å². The second-order valence-electron chi connectivity index (χ2n) is 7.25. The van der Waals surface area contributed by atoms with Gasteiger partial charge in [0.1, 0.15) is 24.2 Å². The molecule has 1 N–H and O–H groups in total. The molecule has 30 heavy (non-hydrogen) atoms. The number of benzene rings is 2. The molecule has 1 fully saturated rings. The maximum atomic E-state index is 13.5. The average molecular weight is 425 g/mol. The van der Waals surface area contributed by atoms with E-state index in [1.165, 1.54) is 4.31 Å². The second-order valence-corrected chi connectivity index (χ2v) is 9.19. The van der Waals surface area contributed by atoms with E-state index in [1.807, 2.05) is 66.7 Å². The Morgan fingerprint density at radius 1 is 0.833 bits per heavy atom. The van der Waals surface area contributed by atoms with Gasteiger partial charge in [0.25, 0.3) is 5.82 Å². The van der Waals surface area contributed by atoms with Gasteiger partial charge in [-0.15, -0.1) is 0 Å². The molecule has 0 saturated carbocycles. The van der Waals surface area contributed by atoms with Crippen molar-refractivity contribution >= 4 is 15.8 Å². The van der Waals surface area contributed by atoms with Gasteiger partial charge in [-0.1, -0.05) is 60.7 Å². The first-order valence-electron chi connectivity index (χ1n) is 10.1. The van der Waals surface area contributed by atoms with E-state index in [2.05, 4.69) is 9.88 Å². The molecule has 3 aromatic rings. The molecule has 0 aliphatic carbocycles. The summed E-state index contributed by atoms with van der Waals surface area (Å²) in [5.74, 6) is 0.898. The van der Waals surface area contributed by atoms with E-state index in [0.29, 0.717) is 26.3 Å². The summed E-state index contributed by atoms with van der Waals surface area (Å²) in [4.78, 5) is 5.57. The van der Waals surface area contributed by atoms with Crippen LogP contribution in [0.5, 0.6) is 0 Å². The summed E-state index contributed by atoms with van der Waals surface area (Å²) in [5.41, 5.74) is 1.90. The zero-order chi connectivity index (χ0) is 20.8. The van der Waals surface area contributed by atoms with Crippen LogP contribution < -0.4 is 9.88 Å². The Hall–Kier alpha value is -2.74. The summed E-state index contributed by atoms with van der Waals surface area (Å²) in [6.07, 6.45) is 1.59. The number of nitrogens with one attached hydrogen (secondary N) is 1. The van der Waals surface area contributed by atoms with Gasteiger partial charge in [0, 0.05) is 19.2 Å². The summed E-state index contributed by atoms with van der Waals surface area (Å²) in [7, 11) is -3.69. The van der Waals surface area contributed by atoms with Crippen LogP contribution >= 0.6 is 0 Å². The average Bonchev–Trinajstić information content (AvgIpc) is 2.81. The zero-order valence-electron chi connectivity index (χ0n) is 16.8. The Bertz CT molecular complexity index is 995. The summed E-state index contributed by atoms with van der Waals surface area (Å²) >= 11 is 0. The van der Waals surface area contributed by atoms with Crippen molar-refractivity contribution in [2.24, 2.45) is 0 Å². The fourth-order valence-corrected chi connectivity index (χ4v) is 4.90. The Morgan fingerprint density at radius 3 is 1.90 bits per heavy atom. The molecule has 0 bridgehead atoms. The number of aromatic amines is 1. The van der Waals surface area contributed by atoms with E-state index in [0.717, 1.165) is 30.0 Å². The summed E-state index contributed by atoms with van der Waals surface area (Å²) in [5, 5.41) is 0. The van der Waals surface area contributed by atoms with Crippen LogP contribution in [-0.4, -0.2) is 39.0 Å². The van der Waals surface area contributed by atoms with Gasteiger partial charge in [-0.05, 0) is 17.2 Å². The fourth-order valence-electron chi connectivity index (χ4n) is 3.51. The van der Waals surface area contributed by atoms with Gasteiger partial charge >= 0.3 is 0 Å². The van der Waals surface area contributed by atoms with Crippen LogP contribution in [0.3, 0.4) is 0 Å². The first-order valence-corrected chi connectivity index (χ1v) is 11.5. The highest BCUT2D eigenvalue weighted by Crippen LogP contribution is 2.21. The fraction of sp³-hybridized carbons (Fsp3) is 0.261. The van der Waals surface area contributed by atoms with Crippen molar-refractivity contribution in [3.05, 3.63) is 90.1 Å². The van der Waals surface area contributed by atoms with Gasteiger partial charge in [0.15, 0.2) is 0 Å². The lowest BCUT2D eigenvalue weighted by atomic mass is 10.2. The number of nitrogens with zero attached hydrogens (tertiary/aromatic N) is 2. The van der Waals surface area contributed by atoms with Crippen molar-refractivity contribution in [1.82, 2.24) is 4.31 Å². The smallest absolute Gasteiger partial charge is 0.274 e. The molecule has 4 rings (SSSR count). The lowest BCUT2D eigenvalue weighted by Gasteiger charge is -2.23. The maximum absolute atomic E-state index is 13.5. The first kappa shape index (κ1) is 20.5. The minimum absolute atomic E-state index is 0.256. The van der Waals surface area contributed by atoms with Gasteiger partial charge in [0.05, 0.1) is 13.2 Å². The van der Waals surface area contributed by atoms with Crippen molar-refractivity contribution in [2.75, 3.05) is 31.2 Å². The van der Waals surface area contributed by atoms with Crippen LogP contribution in [0.4, 0.5) is 5.82 Å². The molecule has 7 heteroatoms. The van der Waals surface area contributed by atoms with Crippen molar-refractivity contribution in [3.63, 3.8) is 0 Å². The van der Waals surface area contributed by atoms with Gasteiger partial charge in [-0.2, -0.15) is 4.31 Å². The predicted molar refractivity (Wildman–Crippen MR) is 115 cm³/mol. The molecule has 0 amide bonds. The van der Waals surface area contributed by atoms with Gasteiger partial charge in [-0.3, -0.25) is 4.90 Å². The van der Waals surface area contributed by atoms with E-state index < -0.39 is 10.0 Å². The number of H-pyrrole nitrogens is 1. The quantitative estimate of drug-likeness (QED) is 0.585. The largest absolute Gasteiger partial charge is 0.373 e. The molecule has 1 aliphatic heterocycles. The highest BCUT2D eigenvalue weighted by molar-refractivity contribution is 7.89. The number of hydrogen-bond donors (Lipinski definition) is 0. The molecule has 0 unspecified atom stereocenters. The molecule has 1 saturated heterocycles. The zero-order valence-corrected chi connectivity index (χ0v) is 17.6. The number of rotatable bonds is 7. The van der Waals surface area contributed by atoms with E-state index in [4.69, 9.17) is 4.74 Å². The molecule has 0 radical (unpaired) electrons. The van der Waals surface area contributed by atoms with Crippen LogP contribution in [0.15, 0.2) is 83.9 Å². The van der Waals surface area contributed by atoms with Crippen LogP contribution in [0.2, 0.25) is 0 Å². The molecule has 1 aromatic heterocycles. The summed E-state index contributed by atoms with van der Waals surface area (Å²) in [6, 6.07) is 22.9. The lowest BCUT2D eigenvalue weighted by Crippen LogP contribution is -2.39. The topological polar surface area (TPSA) is 64.0 Å². The van der Waals surface area contributed by atoms with Crippen LogP contribution in [0.1, 0.15) is 11.1 Å². The Kier molecular flexibility index (Phi) is 6.42. The van der Waals surface area contributed by atoms with Crippen molar-refractivity contribution in [1.29, 1.82) is 0 Å². The standard InChI is InChI=1S/C23H25N3O3S/c27-30(28,22-11-12-23(24-17-22)25-13-15-29-16-14-25)26(18-20-7-3-1-4-8-20)19-21-9-5-2-6-10-21/h1-12,17H,13-16,18-19H2/p+1. The molecule has 2 aromatic carbocycles. The Balaban J connectivity index is 1.60. The third-order valence-electron chi connectivity index (χ3n) is 5.16. The molecule has 2 heterocycles. The summed E-state index contributed by atoms with van der Waals surface area (Å²) < 4.78 is 33.9. The number of morpholine rings is 1. The van der Waals surface area contributed by atoms with Crippen molar-refractivity contribution in [2.45, 2.75) is 18.0 Å². The number of aromatic nitrogens is 1. The second kappa shape index (κ2) is 9.38. The SMILES string of the molecule is O=S(=O)(c1ccc(N2CCOCC2)[nH+]c1)N(Cc1ccccc1)Cc1ccccc1. The number of ether oxygens (including phenoxy) is 1. The normalized spacial score (nSPS) is 14.8. The molecule has 0 atom stereocenters. The highest BCUT2D eigenvalue weighted by Gasteiger charge is 2.27. The van der Waals surface area contributed by atoms with E-state index in [1.54, 1.807) is 12.3 Å². The highest BCUT2D eigenvalue weighted by atomic mass is 32.2. The third kappa shape index (κ3) is 4.87. The number of anilines is 1. The molecular weight excluding hydrogens is 398 g/mol. The van der Waals surface area contributed by atoms with E-state index >= 15 is 0 Å². The van der Waals surface area contributed by atoms with Crippen LogP contribution in [0.25, 0.3) is 0 Å². The maximum Gasteiger partial charge on any atom is 0.274 e. The van der Waals surface area contributed by atoms with Gasteiger partial charge in [-0.25, -0.2) is 13.4 Å². The van der Waals surface area contributed by atoms with Crippen molar-refractivity contribution < 1.29 is 18.1 Å². The first-order chi connectivity index (χ1) is 14.6. The number of hydrogen-bond acceptors (Lipinski definition) is 4. The minimum Gasteiger partial charge on any atom is -0.373 e. The Labute approximate surface area is 177 Å². The van der Waals surface area contributed by atoms with Crippen LogP contribution in [-0.2, 0) is 27.8 Å². The van der Waals surface area contributed by atoms with Crippen molar-refractivity contribution in [3.8, 4) is 0 Å². The van der Waals surface area contributed by atoms with E-state index in [9.17, 15) is 8.42 Å². The molecule has 0 spiro atoms. The Morgan fingerprint density at radius 2 is 1.40 bits per heavy atom. The monoisotopic (exact) mass is 424 g/mol. The molecule has 156 valence electrons. The molecule has 1 aliphatic rings. The molecular formula is C23H26N3O3S+. The lowest BCUT2D eigenvalue weighted by molar-refractivity contribution is -0.367. The number of sulfonamides is 1. The van der Waals surface area contributed by atoms with E-state index in [-0.39, 0.29) is 4.90 Å². The van der Waals surface area contributed by atoms with Gasteiger partial charge < -0.3 is 4.74 Å². The predicted octanol–water partition coefficient (Wildman–Crippen LogP) is 2.73. The number of pyridine rings is 1. The van der Waals surface area contributed by atoms with Crippen LogP contribution in [0, 0.1) is 0 Å². The summed E-state index contributed by atoms with van der Waals surface area (Å²) in [6.45, 7) is 3.55. The minimum atomic E-state index is -3.69. The third-order valence-corrected chi connectivity index (χ3v) is 6.95. The molecule has 6 nitrogen and oxygen atoms in total.